The molecule has 0 amide bonds. The van der Waals surface area contributed by atoms with Crippen LogP contribution < -0.4 is 5.56 Å². The molecule has 1 aromatic carbocycles. The van der Waals surface area contributed by atoms with Crippen molar-refractivity contribution in [2.75, 3.05) is 0 Å². The first-order valence-electron chi connectivity index (χ1n) is 6.52. The van der Waals surface area contributed by atoms with Gasteiger partial charge in [-0.3, -0.25) is 4.79 Å². The zero-order chi connectivity index (χ0) is 13.7. The van der Waals surface area contributed by atoms with Gasteiger partial charge in [0.05, 0.1) is 11.0 Å². The van der Waals surface area contributed by atoms with Gasteiger partial charge in [0.25, 0.3) is 5.56 Å². The Kier molecular flexibility index (Phi) is 2.15. The Labute approximate surface area is 114 Å². The highest BCUT2D eigenvalue weighted by Crippen LogP contribution is 2.32. The Morgan fingerprint density at radius 3 is 2.65 bits per heavy atom. The number of hydrogen-bond acceptors (Lipinski definition) is 1. The number of aromatic nitrogens is 3. The largest absolute Gasteiger partial charge is 0.367 e. The second-order valence-corrected chi connectivity index (χ2v) is 4.97. The summed E-state index contributed by atoms with van der Waals surface area (Å²) in [6.45, 7) is 1.85. The molecule has 20 heavy (non-hydrogen) atoms. The molecule has 0 unspecified atom stereocenters. The topological polar surface area (TPSA) is 64.4 Å². The second-order valence-electron chi connectivity index (χ2n) is 4.97. The van der Waals surface area contributed by atoms with E-state index in [0.717, 1.165) is 38.6 Å². The lowest BCUT2D eigenvalue weighted by molar-refractivity contribution is 1.24. The number of pyridine rings is 1. The quantitative estimate of drug-likeness (QED) is 0.484. The monoisotopic (exact) mass is 263 g/mol. The number of nitrogens with one attached hydrogen (secondary N) is 3. The van der Waals surface area contributed by atoms with E-state index in [1.54, 1.807) is 0 Å². The molecule has 4 nitrogen and oxygen atoms in total. The van der Waals surface area contributed by atoms with Crippen molar-refractivity contribution in [3.8, 4) is 11.1 Å². The van der Waals surface area contributed by atoms with Gasteiger partial charge in [0.1, 0.15) is 0 Å². The molecule has 0 bridgehead atoms. The van der Waals surface area contributed by atoms with E-state index in [1.807, 2.05) is 49.6 Å². The van der Waals surface area contributed by atoms with E-state index in [0.29, 0.717) is 0 Å². The van der Waals surface area contributed by atoms with E-state index >= 15 is 0 Å². The van der Waals surface area contributed by atoms with Gasteiger partial charge in [-0.25, -0.2) is 0 Å². The minimum absolute atomic E-state index is 0.0431. The van der Waals surface area contributed by atoms with Crippen molar-refractivity contribution in [2.24, 2.45) is 0 Å². The summed E-state index contributed by atoms with van der Waals surface area (Å²) in [4.78, 5) is 21.7. The first-order chi connectivity index (χ1) is 9.75. The van der Waals surface area contributed by atoms with Crippen LogP contribution in [-0.2, 0) is 0 Å². The maximum absolute atomic E-state index is 12.2. The first-order valence-corrected chi connectivity index (χ1v) is 6.52. The molecule has 0 saturated heterocycles. The SMILES string of the molecule is Cc1c(-c2cc[nH]c2)c2[nH]c3ccccc3c2[nH]c1=O. The molecule has 0 saturated carbocycles. The van der Waals surface area contributed by atoms with Crippen LogP contribution in [0.25, 0.3) is 33.1 Å². The van der Waals surface area contributed by atoms with Gasteiger partial charge in [-0.2, -0.15) is 0 Å². The predicted molar refractivity (Wildman–Crippen MR) is 80.9 cm³/mol. The lowest BCUT2D eigenvalue weighted by Gasteiger charge is -2.04. The molecule has 3 N–H and O–H groups in total. The number of aromatic amines is 3. The smallest absolute Gasteiger partial charge is 0.252 e. The van der Waals surface area contributed by atoms with Crippen molar-refractivity contribution in [3.05, 3.63) is 58.6 Å². The van der Waals surface area contributed by atoms with Crippen molar-refractivity contribution in [1.29, 1.82) is 0 Å². The van der Waals surface area contributed by atoms with Gasteiger partial charge in [-0.1, -0.05) is 18.2 Å². The molecule has 3 aromatic heterocycles. The van der Waals surface area contributed by atoms with E-state index in [9.17, 15) is 4.79 Å². The van der Waals surface area contributed by atoms with Crippen LogP contribution in [-0.4, -0.2) is 15.0 Å². The van der Waals surface area contributed by atoms with E-state index in [1.165, 1.54) is 0 Å². The normalized spacial score (nSPS) is 11.4. The first kappa shape index (κ1) is 11.1. The van der Waals surface area contributed by atoms with Crippen molar-refractivity contribution < 1.29 is 0 Å². The number of hydrogen-bond donors (Lipinski definition) is 3. The van der Waals surface area contributed by atoms with Gasteiger partial charge >= 0.3 is 0 Å². The Morgan fingerprint density at radius 1 is 1.00 bits per heavy atom. The maximum Gasteiger partial charge on any atom is 0.252 e. The molecule has 4 heteroatoms. The minimum atomic E-state index is -0.0431. The highest BCUT2D eigenvalue weighted by Gasteiger charge is 2.15. The Morgan fingerprint density at radius 2 is 1.85 bits per heavy atom. The third-order valence-corrected chi connectivity index (χ3v) is 3.80. The third kappa shape index (κ3) is 1.39. The minimum Gasteiger partial charge on any atom is -0.367 e. The Balaban J connectivity index is 2.27. The van der Waals surface area contributed by atoms with Crippen LogP contribution in [0.1, 0.15) is 5.56 Å². The molecule has 0 radical (unpaired) electrons. The summed E-state index contributed by atoms with van der Waals surface area (Å²) in [6.07, 6.45) is 3.77. The van der Waals surface area contributed by atoms with Gasteiger partial charge in [0, 0.05) is 40.0 Å². The van der Waals surface area contributed by atoms with Crippen LogP contribution in [0.4, 0.5) is 0 Å². The summed E-state index contributed by atoms with van der Waals surface area (Å²) >= 11 is 0. The number of rotatable bonds is 1. The lowest BCUT2D eigenvalue weighted by atomic mass is 10.0. The summed E-state index contributed by atoms with van der Waals surface area (Å²) < 4.78 is 0. The number of fused-ring (bicyclic) bond motifs is 3. The average molecular weight is 263 g/mol. The molecule has 0 aliphatic carbocycles. The molecular formula is C16H13N3O. The summed E-state index contributed by atoms with van der Waals surface area (Å²) in [6, 6.07) is 9.97. The predicted octanol–water partition coefficient (Wildman–Crippen LogP) is 3.31. The van der Waals surface area contributed by atoms with Crippen molar-refractivity contribution in [1.82, 2.24) is 15.0 Å². The van der Waals surface area contributed by atoms with Crippen molar-refractivity contribution in [2.45, 2.75) is 6.92 Å². The van der Waals surface area contributed by atoms with E-state index in [4.69, 9.17) is 0 Å². The van der Waals surface area contributed by atoms with Gasteiger partial charge in [0.15, 0.2) is 0 Å². The van der Waals surface area contributed by atoms with Gasteiger partial charge in [-0.05, 0) is 19.1 Å². The molecule has 4 rings (SSSR count). The fourth-order valence-corrected chi connectivity index (χ4v) is 2.81. The van der Waals surface area contributed by atoms with Crippen LogP contribution in [0.15, 0.2) is 47.5 Å². The Bertz CT molecular complexity index is 974. The Hall–Kier alpha value is -2.75. The van der Waals surface area contributed by atoms with Crippen LogP contribution in [0.5, 0.6) is 0 Å². The van der Waals surface area contributed by atoms with E-state index < -0.39 is 0 Å². The molecule has 0 fully saturated rings. The number of H-pyrrole nitrogens is 3. The second kappa shape index (κ2) is 3.87. The standard InChI is InChI=1S/C16H13N3O/c1-9-13(10-6-7-17-8-10)15-14(19-16(9)20)11-4-2-3-5-12(11)18-15/h2-8,17-18H,1H3,(H,19,20). The van der Waals surface area contributed by atoms with Crippen molar-refractivity contribution >= 4 is 21.9 Å². The van der Waals surface area contributed by atoms with E-state index in [2.05, 4.69) is 15.0 Å². The fourth-order valence-electron chi connectivity index (χ4n) is 2.81. The summed E-state index contributed by atoms with van der Waals surface area (Å²) in [7, 11) is 0. The van der Waals surface area contributed by atoms with Crippen LogP contribution in [0.3, 0.4) is 0 Å². The summed E-state index contributed by atoms with van der Waals surface area (Å²) in [5.74, 6) is 0. The summed E-state index contributed by atoms with van der Waals surface area (Å²) in [5.41, 5.74) is 5.53. The molecular weight excluding hydrogens is 250 g/mol. The number of para-hydroxylation sites is 1. The van der Waals surface area contributed by atoms with Gasteiger partial charge in [-0.15, -0.1) is 0 Å². The lowest BCUT2D eigenvalue weighted by Crippen LogP contribution is -2.10. The molecule has 0 atom stereocenters. The zero-order valence-corrected chi connectivity index (χ0v) is 10.9. The molecule has 4 aromatic rings. The highest BCUT2D eigenvalue weighted by atomic mass is 16.1. The van der Waals surface area contributed by atoms with Crippen LogP contribution >= 0.6 is 0 Å². The number of benzene rings is 1. The van der Waals surface area contributed by atoms with E-state index in [-0.39, 0.29) is 5.56 Å². The summed E-state index contributed by atoms with van der Waals surface area (Å²) in [5, 5.41) is 1.04. The molecule has 98 valence electrons. The molecule has 0 aliphatic heterocycles. The molecule has 0 aliphatic rings. The molecule has 0 spiro atoms. The van der Waals surface area contributed by atoms with Crippen LogP contribution in [0, 0.1) is 6.92 Å². The third-order valence-electron chi connectivity index (χ3n) is 3.80. The molecule has 3 heterocycles. The van der Waals surface area contributed by atoms with Gasteiger partial charge < -0.3 is 15.0 Å². The highest BCUT2D eigenvalue weighted by molar-refractivity contribution is 6.10. The van der Waals surface area contributed by atoms with Crippen LogP contribution in [0.2, 0.25) is 0 Å². The van der Waals surface area contributed by atoms with Crippen molar-refractivity contribution in [3.63, 3.8) is 0 Å². The fraction of sp³-hybridized carbons (Fsp3) is 0.0625. The maximum atomic E-state index is 12.2. The zero-order valence-electron chi connectivity index (χ0n) is 10.9. The van der Waals surface area contributed by atoms with Gasteiger partial charge in [0.2, 0.25) is 0 Å². The average Bonchev–Trinajstić information content (AvgIpc) is 3.08.